The molecule has 6 heteroatoms. The first kappa shape index (κ1) is 16.1. The Morgan fingerprint density at radius 2 is 1.90 bits per heavy atom. The molecule has 0 heterocycles. The quantitative estimate of drug-likeness (QED) is 0.890. The summed E-state index contributed by atoms with van der Waals surface area (Å²) in [5.74, 6) is -3.98. The van der Waals surface area contributed by atoms with Gasteiger partial charge in [0.05, 0.1) is 6.42 Å². The summed E-state index contributed by atoms with van der Waals surface area (Å²) in [7, 11) is 0. The van der Waals surface area contributed by atoms with E-state index in [1.54, 1.807) is 20.8 Å². The molecule has 0 radical (unpaired) electrons. The zero-order valence-electron chi connectivity index (χ0n) is 11.5. The number of benzene rings is 1. The number of hydrogen-bond acceptors (Lipinski definition) is 2. The van der Waals surface area contributed by atoms with Gasteiger partial charge in [-0.25, -0.2) is 13.6 Å². The molecule has 2 N–H and O–H groups in total. The van der Waals surface area contributed by atoms with Gasteiger partial charge in [0.15, 0.2) is 11.6 Å². The number of aliphatic carboxylic acids is 1. The topological polar surface area (TPSA) is 66.4 Å². The Hall–Kier alpha value is -1.98. The van der Waals surface area contributed by atoms with Crippen molar-refractivity contribution in [1.82, 2.24) is 5.32 Å². The molecule has 20 heavy (non-hydrogen) atoms. The number of nitrogens with one attached hydrogen (secondary N) is 1. The second kappa shape index (κ2) is 5.98. The van der Waals surface area contributed by atoms with Crippen LogP contribution in [0.15, 0.2) is 18.2 Å². The van der Waals surface area contributed by atoms with E-state index in [2.05, 4.69) is 5.32 Å². The van der Waals surface area contributed by atoms with Crippen LogP contribution in [-0.4, -0.2) is 23.0 Å². The molecule has 0 aromatic heterocycles. The normalized spacial score (nSPS) is 12.8. The molecule has 1 rings (SSSR count). The molecule has 0 saturated carbocycles. The molecule has 1 atom stereocenters. The number of carboxylic acids is 1. The lowest BCUT2D eigenvalue weighted by Crippen LogP contribution is -2.49. The summed E-state index contributed by atoms with van der Waals surface area (Å²) in [4.78, 5) is 22.9. The van der Waals surface area contributed by atoms with E-state index < -0.39 is 41.4 Å². The van der Waals surface area contributed by atoms with Gasteiger partial charge in [0.1, 0.15) is 6.04 Å². The minimum Gasteiger partial charge on any atom is -0.480 e. The van der Waals surface area contributed by atoms with Gasteiger partial charge < -0.3 is 10.4 Å². The second-order valence-electron chi connectivity index (χ2n) is 5.59. The predicted molar refractivity (Wildman–Crippen MR) is 69.1 cm³/mol. The SMILES string of the molecule is CC(C)(C)[C@@H](NC(=O)Cc1cccc(F)c1F)C(=O)O. The smallest absolute Gasteiger partial charge is 0.326 e. The Morgan fingerprint density at radius 3 is 2.40 bits per heavy atom. The Bertz CT molecular complexity index is 524. The van der Waals surface area contributed by atoms with Crippen LogP contribution in [0.25, 0.3) is 0 Å². The van der Waals surface area contributed by atoms with Gasteiger partial charge in [-0.1, -0.05) is 32.9 Å². The highest BCUT2D eigenvalue weighted by Gasteiger charge is 2.32. The van der Waals surface area contributed by atoms with Crippen LogP contribution in [0.1, 0.15) is 26.3 Å². The van der Waals surface area contributed by atoms with Crippen molar-refractivity contribution in [3.05, 3.63) is 35.4 Å². The van der Waals surface area contributed by atoms with Gasteiger partial charge in [-0.05, 0) is 11.5 Å². The summed E-state index contributed by atoms with van der Waals surface area (Å²) in [5, 5.41) is 11.4. The van der Waals surface area contributed by atoms with Crippen LogP contribution in [0.3, 0.4) is 0 Å². The molecule has 1 aromatic carbocycles. The molecule has 110 valence electrons. The fraction of sp³-hybridized carbons (Fsp3) is 0.429. The van der Waals surface area contributed by atoms with Crippen LogP contribution in [-0.2, 0) is 16.0 Å². The minimum absolute atomic E-state index is 0.111. The number of hydrogen-bond donors (Lipinski definition) is 2. The molecule has 0 fully saturated rings. The van der Waals surface area contributed by atoms with E-state index >= 15 is 0 Å². The summed E-state index contributed by atoms with van der Waals surface area (Å²) in [6.07, 6.45) is -0.413. The van der Waals surface area contributed by atoms with Crippen molar-refractivity contribution in [2.24, 2.45) is 5.41 Å². The van der Waals surface area contributed by atoms with Crippen molar-refractivity contribution in [2.75, 3.05) is 0 Å². The highest BCUT2D eigenvalue weighted by atomic mass is 19.2. The van der Waals surface area contributed by atoms with Crippen LogP contribution in [0.4, 0.5) is 8.78 Å². The van der Waals surface area contributed by atoms with E-state index in [-0.39, 0.29) is 5.56 Å². The Balaban J connectivity index is 2.82. The standard InChI is InChI=1S/C14H17F2NO3/c1-14(2,3)12(13(19)20)17-10(18)7-8-5-4-6-9(15)11(8)16/h4-6,12H,7H2,1-3H3,(H,17,18)(H,19,20)/t12-/m0/s1. The number of rotatable bonds is 4. The molecular weight excluding hydrogens is 268 g/mol. The third kappa shape index (κ3) is 4.01. The van der Waals surface area contributed by atoms with Crippen molar-refractivity contribution in [3.8, 4) is 0 Å². The third-order valence-corrected chi connectivity index (χ3v) is 2.80. The first-order chi connectivity index (χ1) is 9.12. The number of carboxylic acid groups (broad SMARTS) is 1. The lowest BCUT2D eigenvalue weighted by Gasteiger charge is -2.27. The monoisotopic (exact) mass is 285 g/mol. The van der Waals surface area contributed by atoms with E-state index in [1.165, 1.54) is 12.1 Å². The van der Waals surface area contributed by atoms with Crippen molar-refractivity contribution in [3.63, 3.8) is 0 Å². The predicted octanol–water partition coefficient (Wildman–Crippen LogP) is 2.12. The van der Waals surface area contributed by atoms with Crippen molar-refractivity contribution < 1.29 is 23.5 Å². The fourth-order valence-electron chi connectivity index (χ4n) is 1.72. The van der Waals surface area contributed by atoms with E-state index in [1.807, 2.05) is 0 Å². The Kier molecular flexibility index (Phi) is 4.81. The largest absolute Gasteiger partial charge is 0.480 e. The molecule has 0 saturated heterocycles. The average Bonchev–Trinajstić information content (AvgIpc) is 2.30. The second-order valence-corrected chi connectivity index (χ2v) is 5.59. The van der Waals surface area contributed by atoms with Crippen LogP contribution in [0, 0.1) is 17.0 Å². The zero-order valence-corrected chi connectivity index (χ0v) is 11.5. The number of carbonyl (C=O) groups is 2. The maximum atomic E-state index is 13.4. The van der Waals surface area contributed by atoms with Crippen LogP contribution in [0.5, 0.6) is 0 Å². The van der Waals surface area contributed by atoms with Crippen LogP contribution >= 0.6 is 0 Å². The Labute approximate surface area is 115 Å². The fourth-order valence-corrected chi connectivity index (χ4v) is 1.72. The van der Waals surface area contributed by atoms with Crippen LogP contribution < -0.4 is 5.32 Å². The highest BCUT2D eigenvalue weighted by Crippen LogP contribution is 2.20. The summed E-state index contributed by atoms with van der Waals surface area (Å²) in [6, 6.07) is 2.42. The highest BCUT2D eigenvalue weighted by molar-refractivity contribution is 5.85. The number of amides is 1. The molecule has 0 unspecified atom stereocenters. The summed E-state index contributed by atoms with van der Waals surface area (Å²) >= 11 is 0. The number of halogens is 2. The molecular formula is C14H17F2NO3. The first-order valence-electron chi connectivity index (χ1n) is 6.08. The van der Waals surface area contributed by atoms with E-state index in [4.69, 9.17) is 5.11 Å². The molecule has 4 nitrogen and oxygen atoms in total. The van der Waals surface area contributed by atoms with Crippen molar-refractivity contribution in [1.29, 1.82) is 0 Å². The first-order valence-corrected chi connectivity index (χ1v) is 6.08. The summed E-state index contributed by atoms with van der Waals surface area (Å²) < 4.78 is 26.4. The molecule has 0 aliphatic heterocycles. The third-order valence-electron chi connectivity index (χ3n) is 2.80. The maximum Gasteiger partial charge on any atom is 0.326 e. The summed E-state index contributed by atoms with van der Waals surface area (Å²) in [6.45, 7) is 4.98. The molecule has 1 aromatic rings. The van der Waals surface area contributed by atoms with Gasteiger partial charge in [-0.3, -0.25) is 4.79 Å². The van der Waals surface area contributed by atoms with Gasteiger partial charge in [0, 0.05) is 5.56 Å². The maximum absolute atomic E-state index is 13.4. The number of carbonyl (C=O) groups excluding carboxylic acids is 1. The van der Waals surface area contributed by atoms with Crippen molar-refractivity contribution >= 4 is 11.9 Å². The van der Waals surface area contributed by atoms with Gasteiger partial charge >= 0.3 is 5.97 Å². The Morgan fingerprint density at radius 1 is 1.30 bits per heavy atom. The molecule has 0 bridgehead atoms. The molecule has 0 aliphatic rings. The van der Waals surface area contributed by atoms with Crippen LogP contribution in [0.2, 0.25) is 0 Å². The summed E-state index contributed by atoms with van der Waals surface area (Å²) in [5.41, 5.74) is -0.803. The van der Waals surface area contributed by atoms with Gasteiger partial charge in [-0.2, -0.15) is 0 Å². The lowest BCUT2D eigenvalue weighted by atomic mass is 9.86. The molecule has 0 aliphatic carbocycles. The molecule has 0 spiro atoms. The zero-order chi connectivity index (χ0) is 15.5. The molecule has 1 amide bonds. The van der Waals surface area contributed by atoms with Crippen molar-refractivity contribution in [2.45, 2.75) is 33.2 Å². The van der Waals surface area contributed by atoms with Gasteiger partial charge in [-0.15, -0.1) is 0 Å². The van der Waals surface area contributed by atoms with E-state index in [9.17, 15) is 18.4 Å². The van der Waals surface area contributed by atoms with Gasteiger partial charge in [0.25, 0.3) is 0 Å². The average molecular weight is 285 g/mol. The lowest BCUT2D eigenvalue weighted by molar-refractivity contribution is -0.144. The minimum atomic E-state index is -1.18. The van der Waals surface area contributed by atoms with Gasteiger partial charge in [0.2, 0.25) is 5.91 Å². The van der Waals surface area contributed by atoms with E-state index in [0.29, 0.717) is 0 Å². The van der Waals surface area contributed by atoms with E-state index in [0.717, 1.165) is 6.07 Å².